The van der Waals surface area contributed by atoms with Gasteiger partial charge in [0, 0.05) is 0 Å². The fraction of sp³-hybridized carbons (Fsp3) is 0.333. The highest BCUT2D eigenvalue weighted by atomic mass is 16.4. The van der Waals surface area contributed by atoms with Gasteiger partial charge in [-0.25, -0.2) is 0 Å². The largest absolute Gasteiger partial charge is 0.481 e. The predicted octanol–water partition coefficient (Wildman–Crippen LogP) is 1.18. The van der Waals surface area contributed by atoms with Crippen LogP contribution >= 0.6 is 0 Å². The molecule has 0 unspecified atom stereocenters. The number of carboxylic acids is 1. The molecule has 0 heterocycles. The summed E-state index contributed by atoms with van der Waals surface area (Å²) in [6, 6.07) is 11.1. The lowest BCUT2D eigenvalue weighted by Gasteiger charge is -2.24. The normalized spacial score (nSPS) is 12.9. The molecule has 0 fully saturated rings. The lowest BCUT2D eigenvalue weighted by molar-refractivity contribution is -0.139. The van der Waals surface area contributed by atoms with Crippen LogP contribution in [-0.4, -0.2) is 48.5 Å². The minimum Gasteiger partial charge on any atom is -0.481 e. The summed E-state index contributed by atoms with van der Waals surface area (Å²) in [5.74, 6) is -2.57. The zero-order chi connectivity index (χ0) is 21.6. The van der Waals surface area contributed by atoms with Crippen LogP contribution in [0.5, 0.6) is 0 Å². The highest BCUT2D eigenvalue weighted by Gasteiger charge is 2.28. The van der Waals surface area contributed by atoms with Gasteiger partial charge in [0.05, 0.1) is 24.6 Å². The van der Waals surface area contributed by atoms with Gasteiger partial charge in [-0.15, -0.1) is 0 Å². The van der Waals surface area contributed by atoms with Crippen LogP contribution in [0, 0.1) is 5.92 Å². The van der Waals surface area contributed by atoms with E-state index >= 15 is 0 Å². The van der Waals surface area contributed by atoms with Crippen molar-refractivity contribution in [2.24, 2.45) is 5.92 Å². The number of hydrogen-bond donors (Lipinski definition) is 3. The number of fused-ring (bicyclic) bond motifs is 1. The first-order chi connectivity index (χ1) is 13.7. The lowest BCUT2D eigenvalue weighted by atomic mass is 9.92. The molecule has 0 aromatic heterocycles. The molecule has 0 spiro atoms. The number of carbonyl (C=O) groups is 4. The summed E-state index contributed by atoms with van der Waals surface area (Å²) in [6.45, 7) is 3.47. The third-order valence-corrected chi connectivity index (χ3v) is 4.54. The molecule has 2 amide bonds. The monoisotopic (exact) mass is 394 g/mol. The van der Waals surface area contributed by atoms with Crippen LogP contribution in [0.1, 0.15) is 25.8 Å². The summed E-state index contributed by atoms with van der Waals surface area (Å²) < 4.78 is 0. The second kappa shape index (κ2) is 9.86. The van der Waals surface area contributed by atoms with Crippen molar-refractivity contribution >= 4 is 42.1 Å². The first kappa shape index (κ1) is 22.1. The fourth-order valence-corrected chi connectivity index (χ4v) is 3.04. The van der Waals surface area contributed by atoms with Crippen molar-refractivity contribution in [3.8, 4) is 0 Å². The van der Waals surface area contributed by atoms with E-state index in [9.17, 15) is 19.2 Å². The van der Waals surface area contributed by atoms with E-state index in [0.29, 0.717) is 0 Å². The Kier molecular flexibility index (Phi) is 7.53. The molecule has 0 bridgehead atoms. The number of carboxylic acid groups (broad SMARTS) is 1. The third-order valence-electron chi connectivity index (χ3n) is 4.54. The van der Waals surface area contributed by atoms with Gasteiger partial charge in [-0.05, 0) is 22.3 Å². The maximum absolute atomic E-state index is 12.6. The average Bonchev–Trinajstić information content (AvgIpc) is 2.65. The Morgan fingerprint density at radius 1 is 1.00 bits per heavy atom. The third kappa shape index (κ3) is 6.17. The molecule has 2 aromatic carbocycles. The van der Waals surface area contributed by atoms with Gasteiger partial charge in [0.2, 0.25) is 11.8 Å². The van der Waals surface area contributed by atoms with Crippen LogP contribution in [0.2, 0.25) is 0 Å². The molecule has 0 saturated carbocycles. The molecule has 3 N–H and O–H groups in total. The van der Waals surface area contributed by atoms with Crippen molar-refractivity contribution in [2.45, 2.75) is 38.8 Å². The minimum absolute atomic E-state index is 0.0756. The number of carbonyl (C=O) groups excluding carboxylic acids is 3. The van der Waals surface area contributed by atoms with E-state index in [1.807, 2.05) is 42.5 Å². The van der Waals surface area contributed by atoms with Crippen LogP contribution in [-0.2, 0) is 25.6 Å². The van der Waals surface area contributed by atoms with Gasteiger partial charge in [0.1, 0.15) is 6.04 Å². The highest BCUT2D eigenvalue weighted by Crippen LogP contribution is 2.19. The summed E-state index contributed by atoms with van der Waals surface area (Å²) in [7, 11) is 5.16. The van der Waals surface area contributed by atoms with E-state index in [2.05, 4.69) is 10.6 Å². The van der Waals surface area contributed by atoms with Crippen molar-refractivity contribution in [1.29, 1.82) is 0 Å². The van der Waals surface area contributed by atoms with E-state index in [4.69, 9.17) is 13.0 Å². The molecular formula is C21H23BN2O5. The minimum atomic E-state index is -1.35. The van der Waals surface area contributed by atoms with Crippen molar-refractivity contribution in [1.82, 2.24) is 10.6 Å². The van der Waals surface area contributed by atoms with Crippen LogP contribution in [0.4, 0.5) is 0 Å². The van der Waals surface area contributed by atoms with Gasteiger partial charge in [-0.3, -0.25) is 14.4 Å². The van der Waals surface area contributed by atoms with E-state index in [1.54, 1.807) is 13.8 Å². The number of benzene rings is 2. The van der Waals surface area contributed by atoms with Crippen molar-refractivity contribution < 1.29 is 24.3 Å². The van der Waals surface area contributed by atoms with Gasteiger partial charge in [-0.1, -0.05) is 56.3 Å². The van der Waals surface area contributed by atoms with Crippen molar-refractivity contribution in [2.75, 3.05) is 0 Å². The molecule has 29 heavy (non-hydrogen) atoms. The Hall–Kier alpha value is -3.16. The van der Waals surface area contributed by atoms with E-state index in [1.165, 1.54) is 0 Å². The maximum atomic E-state index is 12.6. The van der Waals surface area contributed by atoms with Gasteiger partial charge in [0.25, 0.3) is 0 Å². The Balaban J connectivity index is 2.11. The van der Waals surface area contributed by atoms with Crippen LogP contribution in [0.3, 0.4) is 0 Å². The SMILES string of the molecule is [B]C(=O)[C@H](CC(=O)O)NC(=O)[C@@H](NC(=O)Cc1cccc2ccccc12)C(C)C. The predicted molar refractivity (Wildman–Crippen MR) is 109 cm³/mol. The van der Waals surface area contributed by atoms with Gasteiger partial charge < -0.3 is 20.5 Å². The Morgan fingerprint density at radius 2 is 1.66 bits per heavy atom. The first-order valence-electron chi connectivity index (χ1n) is 9.26. The molecule has 2 aromatic rings. The lowest BCUT2D eigenvalue weighted by Crippen LogP contribution is -2.54. The summed E-state index contributed by atoms with van der Waals surface area (Å²) in [6.07, 6.45) is -0.554. The quantitative estimate of drug-likeness (QED) is 0.553. The van der Waals surface area contributed by atoms with Crippen molar-refractivity contribution in [3.05, 3.63) is 48.0 Å². The zero-order valence-corrected chi connectivity index (χ0v) is 16.3. The van der Waals surface area contributed by atoms with Gasteiger partial charge in [0.15, 0.2) is 7.85 Å². The molecule has 0 saturated heterocycles. The summed E-state index contributed by atoms with van der Waals surface area (Å²) >= 11 is 0. The second-order valence-corrected chi connectivity index (χ2v) is 7.17. The van der Waals surface area contributed by atoms with Crippen LogP contribution in [0.25, 0.3) is 10.8 Å². The molecule has 0 aliphatic heterocycles. The van der Waals surface area contributed by atoms with E-state index in [-0.39, 0.29) is 18.2 Å². The summed E-state index contributed by atoms with van der Waals surface area (Å²) in [5, 5.41) is 15.8. The molecule has 0 aliphatic carbocycles. The number of amides is 2. The second-order valence-electron chi connectivity index (χ2n) is 7.17. The van der Waals surface area contributed by atoms with E-state index < -0.39 is 36.1 Å². The summed E-state index contributed by atoms with van der Waals surface area (Å²) in [5.41, 5.74) is -0.130. The molecule has 7 nitrogen and oxygen atoms in total. The van der Waals surface area contributed by atoms with Crippen molar-refractivity contribution in [3.63, 3.8) is 0 Å². The topological polar surface area (TPSA) is 113 Å². The number of aliphatic carboxylic acids is 1. The number of nitrogens with one attached hydrogen (secondary N) is 2. The summed E-state index contributed by atoms with van der Waals surface area (Å²) in [4.78, 5) is 47.4. The van der Waals surface area contributed by atoms with Gasteiger partial charge in [-0.2, -0.15) is 0 Å². The first-order valence-corrected chi connectivity index (χ1v) is 9.26. The van der Waals surface area contributed by atoms with Crippen LogP contribution < -0.4 is 10.6 Å². The molecule has 2 radical (unpaired) electrons. The zero-order valence-electron chi connectivity index (χ0n) is 16.3. The number of rotatable bonds is 9. The molecule has 8 heteroatoms. The molecule has 2 rings (SSSR count). The molecular weight excluding hydrogens is 371 g/mol. The highest BCUT2D eigenvalue weighted by molar-refractivity contribution is 6.59. The molecule has 150 valence electrons. The maximum Gasteiger partial charge on any atom is 0.305 e. The Bertz CT molecular complexity index is 923. The van der Waals surface area contributed by atoms with E-state index in [0.717, 1.165) is 16.3 Å². The molecule has 0 aliphatic rings. The standard InChI is InChI=1S/C21H23BN2O5/c1-12(2)19(21(29)23-16(20(22)28)11-18(26)27)24-17(25)10-14-8-5-7-13-6-3-4-9-15(13)14/h3-9,12,16,19H,10-11H2,1-2H3,(H,23,29)(H,24,25)(H,26,27)/t16-,19-/m0/s1. The van der Waals surface area contributed by atoms with Gasteiger partial charge >= 0.3 is 5.97 Å². The molecule has 2 atom stereocenters. The number of hydrogen-bond acceptors (Lipinski definition) is 4. The average molecular weight is 394 g/mol. The Labute approximate surface area is 170 Å². The fourth-order valence-electron chi connectivity index (χ4n) is 3.04. The Morgan fingerprint density at radius 3 is 2.28 bits per heavy atom. The van der Waals surface area contributed by atoms with Crippen LogP contribution in [0.15, 0.2) is 42.5 Å². The smallest absolute Gasteiger partial charge is 0.305 e.